The van der Waals surface area contributed by atoms with Gasteiger partial charge in [0.05, 0.1) is 18.4 Å². The third kappa shape index (κ3) is 3.10. The molecule has 5 nitrogen and oxygen atoms in total. The molecule has 0 radical (unpaired) electrons. The average molecular weight is 233 g/mol. The van der Waals surface area contributed by atoms with Gasteiger partial charge in [-0.3, -0.25) is 4.79 Å². The molecule has 0 bridgehead atoms. The van der Waals surface area contributed by atoms with Crippen LogP contribution in [0, 0.1) is 0 Å². The molecule has 0 spiro atoms. The summed E-state index contributed by atoms with van der Waals surface area (Å²) in [5.74, 6) is -1.03. The van der Waals surface area contributed by atoms with Crippen LogP contribution in [0.4, 0.5) is 0 Å². The number of ether oxygens (including phenoxy) is 1. The maximum atomic E-state index is 11.8. The highest BCUT2D eigenvalue weighted by Crippen LogP contribution is 2.13. The van der Waals surface area contributed by atoms with E-state index in [1.165, 1.54) is 11.8 Å². The summed E-state index contributed by atoms with van der Waals surface area (Å²) in [7, 11) is 0. The van der Waals surface area contributed by atoms with Crippen LogP contribution < -0.4 is 0 Å². The molecule has 1 aliphatic heterocycles. The van der Waals surface area contributed by atoms with Crippen molar-refractivity contribution in [1.82, 2.24) is 4.90 Å². The minimum atomic E-state index is -1.01. The predicted octanol–water partition coefficient (Wildman–Crippen LogP) is 0.0499. The smallest absolute Gasteiger partial charge is 0.334 e. The van der Waals surface area contributed by atoms with E-state index < -0.39 is 12.1 Å². The van der Waals surface area contributed by atoms with Gasteiger partial charge in [0.15, 0.2) is 6.10 Å². The summed E-state index contributed by atoms with van der Waals surface area (Å²) >= 11 is 1.46. The predicted molar refractivity (Wildman–Crippen MR) is 56.9 cm³/mol. The van der Waals surface area contributed by atoms with Crippen LogP contribution in [0.15, 0.2) is 0 Å². The number of aliphatic carboxylic acids is 1. The first kappa shape index (κ1) is 12.3. The number of carboxylic acid groups (broad SMARTS) is 1. The maximum Gasteiger partial charge on any atom is 0.334 e. The van der Waals surface area contributed by atoms with Crippen molar-refractivity contribution in [1.29, 1.82) is 0 Å². The van der Waals surface area contributed by atoms with Gasteiger partial charge in [0.2, 0.25) is 5.91 Å². The fraction of sp³-hybridized carbons (Fsp3) is 0.778. The van der Waals surface area contributed by atoms with Crippen molar-refractivity contribution in [3.8, 4) is 0 Å². The van der Waals surface area contributed by atoms with Crippen LogP contribution in [0.1, 0.15) is 6.92 Å². The number of hydrogen-bond acceptors (Lipinski definition) is 4. The summed E-state index contributed by atoms with van der Waals surface area (Å²) in [5, 5.41) is 8.64. The van der Waals surface area contributed by atoms with Crippen LogP contribution in [-0.2, 0) is 14.3 Å². The van der Waals surface area contributed by atoms with E-state index in [4.69, 9.17) is 9.84 Å². The molecule has 86 valence electrons. The summed E-state index contributed by atoms with van der Waals surface area (Å²) in [6, 6.07) is 0. The van der Waals surface area contributed by atoms with Crippen LogP contribution in [-0.4, -0.2) is 59.2 Å². The number of rotatable bonds is 3. The molecule has 1 amide bonds. The Morgan fingerprint density at radius 1 is 1.60 bits per heavy atom. The molecule has 6 heteroatoms. The van der Waals surface area contributed by atoms with Gasteiger partial charge in [0, 0.05) is 6.54 Å². The first-order valence-electron chi connectivity index (χ1n) is 4.72. The highest BCUT2D eigenvalue weighted by Gasteiger charge is 2.30. The second-order valence-corrected chi connectivity index (χ2v) is 4.54. The minimum Gasteiger partial charge on any atom is -0.479 e. The van der Waals surface area contributed by atoms with Crippen molar-refractivity contribution < 1.29 is 19.4 Å². The molecule has 0 aromatic carbocycles. The normalized spacial score (nSPS) is 23.6. The lowest BCUT2D eigenvalue weighted by Crippen LogP contribution is -2.50. The first-order chi connectivity index (χ1) is 7.06. The van der Waals surface area contributed by atoms with E-state index in [1.807, 2.05) is 13.2 Å². The number of amides is 1. The molecule has 0 aromatic rings. The monoisotopic (exact) mass is 233 g/mol. The van der Waals surface area contributed by atoms with E-state index in [-0.39, 0.29) is 17.7 Å². The van der Waals surface area contributed by atoms with Gasteiger partial charge in [-0.25, -0.2) is 4.79 Å². The van der Waals surface area contributed by atoms with Crippen molar-refractivity contribution >= 4 is 23.6 Å². The standard InChI is InChI=1S/C9H15NO4S/c1-6(15-2)8(11)10-3-4-14-7(5-10)9(12)13/h6-7H,3-5H2,1-2H3,(H,12,13). The molecule has 2 atom stereocenters. The topological polar surface area (TPSA) is 66.8 Å². The van der Waals surface area contributed by atoms with Crippen LogP contribution in [0.2, 0.25) is 0 Å². The van der Waals surface area contributed by atoms with Crippen molar-refractivity contribution in [3.63, 3.8) is 0 Å². The Morgan fingerprint density at radius 3 is 2.80 bits per heavy atom. The number of nitrogens with zero attached hydrogens (tertiary/aromatic N) is 1. The molecule has 1 rings (SSSR count). The number of morpholine rings is 1. The number of carboxylic acids is 1. The van der Waals surface area contributed by atoms with Crippen LogP contribution >= 0.6 is 11.8 Å². The second kappa shape index (κ2) is 5.37. The van der Waals surface area contributed by atoms with Gasteiger partial charge >= 0.3 is 5.97 Å². The third-order valence-corrected chi connectivity index (χ3v) is 3.26. The van der Waals surface area contributed by atoms with Crippen molar-refractivity contribution in [3.05, 3.63) is 0 Å². The highest BCUT2D eigenvalue weighted by atomic mass is 32.2. The van der Waals surface area contributed by atoms with E-state index in [2.05, 4.69) is 0 Å². The zero-order chi connectivity index (χ0) is 11.4. The zero-order valence-electron chi connectivity index (χ0n) is 8.80. The summed E-state index contributed by atoms with van der Waals surface area (Å²) < 4.78 is 5.03. The molecular formula is C9H15NO4S. The Kier molecular flexibility index (Phi) is 4.41. The van der Waals surface area contributed by atoms with E-state index >= 15 is 0 Å². The molecule has 0 aromatic heterocycles. The Labute approximate surface area is 92.8 Å². The molecule has 2 unspecified atom stereocenters. The lowest BCUT2D eigenvalue weighted by atomic mass is 10.2. The maximum absolute atomic E-state index is 11.8. The summed E-state index contributed by atoms with van der Waals surface area (Å²) in [6.07, 6.45) is 0.981. The van der Waals surface area contributed by atoms with Crippen LogP contribution in [0.5, 0.6) is 0 Å². The number of thioether (sulfide) groups is 1. The molecular weight excluding hydrogens is 218 g/mol. The molecule has 0 saturated carbocycles. The molecule has 0 aliphatic carbocycles. The molecule has 1 heterocycles. The van der Waals surface area contributed by atoms with E-state index in [1.54, 1.807) is 4.90 Å². The average Bonchev–Trinajstić information content (AvgIpc) is 2.27. The Morgan fingerprint density at radius 2 is 2.27 bits per heavy atom. The van der Waals surface area contributed by atoms with Gasteiger partial charge in [-0.15, -0.1) is 0 Å². The minimum absolute atomic E-state index is 0.0166. The van der Waals surface area contributed by atoms with E-state index in [9.17, 15) is 9.59 Å². The number of hydrogen-bond donors (Lipinski definition) is 1. The quantitative estimate of drug-likeness (QED) is 0.746. The fourth-order valence-electron chi connectivity index (χ4n) is 1.36. The summed E-state index contributed by atoms with van der Waals surface area (Å²) in [6.45, 7) is 2.74. The van der Waals surface area contributed by atoms with Crippen LogP contribution in [0.3, 0.4) is 0 Å². The van der Waals surface area contributed by atoms with Crippen molar-refractivity contribution in [2.45, 2.75) is 18.3 Å². The van der Waals surface area contributed by atoms with E-state index in [0.717, 1.165) is 0 Å². The number of carbonyl (C=O) groups is 2. The largest absolute Gasteiger partial charge is 0.479 e. The first-order valence-corrected chi connectivity index (χ1v) is 6.01. The lowest BCUT2D eigenvalue weighted by Gasteiger charge is -2.32. The fourth-order valence-corrected chi connectivity index (χ4v) is 1.71. The Bertz CT molecular complexity index is 258. The molecule has 1 saturated heterocycles. The Hall–Kier alpha value is -0.750. The van der Waals surface area contributed by atoms with Gasteiger partial charge in [0.1, 0.15) is 0 Å². The molecule has 1 fully saturated rings. The second-order valence-electron chi connectivity index (χ2n) is 3.36. The molecule has 15 heavy (non-hydrogen) atoms. The number of carbonyl (C=O) groups excluding carboxylic acids is 1. The van der Waals surface area contributed by atoms with Gasteiger partial charge in [-0.05, 0) is 13.2 Å². The van der Waals surface area contributed by atoms with Gasteiger partial charge in [0.25, 0.3) is 0 Å². The van der Waals surface area contributed by atoms with Crippen molar-refractivity contribution in [2.24, 2.45) is 0 Å². The van der Waals surface area contributed by atoms with Gasteiger partial charge in [-0.2, -0.15) is 11.8 Å². The SMILES string of the molecule is CSC(C)C(=O)N1CCOC(C(=O)O)C1. The zero-order valence-corrected chi connectivity index (χ0v) is 9.62. The summed E-state index contributed by atoms with van der Waals surface area (Å²) in [5.41, 5.74) is 0. The third-order valence-electron chi connectivity index (χ3n) is 2.35. The van der Waals surface area contributed by atoms with Gasteiger partial charge in [-0.1, -0.05) is 0 Å². The van der Waals surface area contributed by atoms with Crippen LogP contribution in [0.25, 0.3) is 0 Å². The lowest BCUT2D eigenvalue weighted by molar-refractivity contribution is -0.159. The summed E-state index contributed by atoms with van der Waals surface area (Å²) in [4.78, 5) is 24.0. The highest BCUT2D eigenvalue weighted by molar-refractivity contribution is 7.99. The van der Waals surface area contributed by atoms with Crippen molar-refractivity contribution in [2.75, 3.05) is 26.0 Å². The van der Waals surface area contributed by atoms with E-state index in [0.29, 0.717) is 13.2 Å². The molecule has 1 aliphatic rings. The molecule has 1 N–H and O–H groups in total. The Balaban J connectivity index is 2.56. The van der Waals surface area contributed by atoms with Gasteiger partial charge < -0.3 is 14.7 Å².